The molecule has 0 radical (unpaired) electrons. The van der Waals surface area contributed by atoms with Crippen LogP contribution in [0.15, 0.2) is 127 Å². The fraction of sp³-hybridized carbons (Fsp3) is 0.333. The van der Waals surface area contributed by atoms with Gasteiger partial charge in [-0.05, 0) is 83.3 Å². The van der Waals surface area contributed by atoms with Crippen molar-refractivity contribution >= 4 is 11.8 Å². The van der Waals surface area contributed by atoms with Crippen molar-refractivity contribution in [3.8, 4) is 11.5 Å². The Morgan fingerprint density at radius 2 is 1.16 bits per heavy atom. The van der Waals surface area contributed by atoms with E-state index in [9.17, 15) is 0 Å². The molecule has 0 N–H and O–H groups in total. The number of benzene rings is 5. The van der Waals surface area contributed by atoms with Gasteiger partial charge in [0.25, 0.3) is 0 Å². The van der Waals surface area contributed by atoms with E-state index in [1.54, 1.807) is 0 Å². The van der Waals surface area contributed by atoms with Crippen LogP contribution in [0.25, 0.3) is 0 Å². The van der Waals surface area contributed by atoms with E-state index >= 15 is 0 Å². The van der Waals surface area contributed by atoms with Crippen molar-refractivity contribution in [2.75, 3.05) is 6.61 Å². The Bertz CT molecular complexity index is 1740. The topological polar surface area (TPSA) is 36.9 Å². The summed E-state index contributed by atoms with van der Waals surface area (Å²) in [5.41, 5.74) is 8.38. The first-order chi connectivity index (χ1) is 24.5. The van der Waals surface area contributed by atoms with Crippen LogP contribution in [0.3, 0.4) is 0 Å². The maximum absolute atomic E-state index is 6.99. The van der Waals surface area contributed by atoms with Crippen LogP contribution in [0, 0.1) is 12.8 Å². The van der Waals surface area contributed by atoms with E-state index in [4.69, 9.17) is 18.9 Å². The van der Waals surface area contributed by atoms with Gasteiger partial charge in [0.15, 0.2) is 0 Å². The van der Waals surface area contributed by atoms with Gasteiger partial charge >= 0.3 is 0 Å². The predicted molar refractivity (Wildman–Crippen MR) is 206 cm³/mol. The van der Waals surface area contributed by atoms with Gasteiger partial charge in [-0.1, -0.05) is 123 Å². The Labute approximate surface area is 303 Å². The third-order valence-electron chi connectivity index (χ3n) is 9.64. The SMILES string of the molecule is CCOc1ccc(Cc2cc([C@@H]3S[C@H](CC)[C@@H](C)[C@H](OCc4ccccc4)[C@H]3OCc3ccccc3)c(C)cc2OCc2ccccc2)cc1. The summed E-state index contributed by atoms with van der Waals surface area (Å²) in [6, 6.07) is 44.5. The third-order valence-corrected chi connectivity index (χ3v) is 11.6. The molecule has 0 aliphatic carbocycles. The van der Waals surface area contributed by atoms with E-state index in [1.165, 1.54) is 33.4 Å². The van der Waals surface area contributed by atoms with E-state index in [1.807, 2.05) is 13.0 Å². The molecule has 5 aromatic rings. The normalized spacial score (nSPS) is 20.4. The second-order valence-corrected chi connectivity index (χ2v) is 14.6. The number of rotatable bonds is 15. The molecule has 5 heteroatoms. The zero-order chi connectivity index (χ0) is 34.7. The number of hydrogen-bond acceptors (Lipinski definition) is 5. The van der Waals surface area contributed by atoms with Gasteiger partial charge in [0.05, 0.1) is 31.2 Å². The third kappa shape index (κ3) is 9.19. The van der Waals surface area contributed by atoms with E-state index in [0.29, 0.717) is 37.6 Å². The summed E-state index contributed by atoms with van der Waals surface area (Å²) in [5.74, 6) is 2.13. The molecular weight excluding hydrogens is 637 g/mol. The average molecular weight is 687 g/mol. The van der Waals surface area contributed by atoms with Gasteiger partial charge in [0.2, 0.25) is 0 Å². The van der Waals surface area contributed by atoms with E-state index in [0.717, 1.165) is 29.9 Å². The minimum atomic E-state index is -0.144. The maximum Gasteiger partial charge on any atom is 0.123 e. The zero-order valence-electron chi connectivity index (χ0n) is 29.8. The van der Waals surface area contributed by atoms with Crippen molar-refractivity contribution in [3.63, 3.8) is 0 Å². The maximum atomic E-state index is 6.99. The Morgan fingerprint density at radius 1 is 0.600 bits per heavy atom. The highest BCUT2D eigenvalue weighted by Crippen LogP contribution is 2.50. The number of aryl methyl sites for hydroxylation is 1. The highest BCUT2D eigenvalue weighted by molar-refractivity contribution is 8.00. The minimum Gasteiger partial charge on any atom is -0.494 e. The van der Waals surface area contributed by atoms with Crippen molar-refractivity contribution in [2.45, 2.75) is 83.1 Å². The predicted octanol–water partition coefficient (Wildman–Crippen LogP) is 10.9. The van der Waals surface area contributed by atoms with Crippen LogP contribution in [0.4, 0.5) is 0 Å². The summed E-state index contributed by atoms with van der Waals surface area (Å²) in [5, 5.41) is 0.517. The van der Waals surface area contributed by atoms with Crippen LogP contribution in [0.5, 0.6) is 11.5 Å². The molecule has 0 amide bonds. The van der Waals surface area contributed by atoms with Crippen LogP contribution < -0.4 is 9.47 Å². The molecule has 0 unspecified atom stereocenters. The lowest BCUT2D eigenvalue weighted by Crippen LogP contribution is -2.48. The molecule has 5 atom stereocenters. The lowest BCUT2D eigenvalue weighted by molar-refractivity contribution is -0.112. The van der Waals surface area contributed by atoms with E-state index in [-0.39, 0.29) is 17.5 Å². The Morgan fingerprint density at radius 3 is 1.72 bits per heavy atom. The van der Waals surface area contributed by atoms with Crippen molar-refractivity contribution in [3.05, 3.63) is 166 Å². The van der Waals surface area contributed by atoms with E-state index in [2.05, 4.69) is 154 Å². The summed E-state index contributed by atoms with van der Waals surface area (Å²) in [6.07, 6.45) is 1.60. The van der Waals surface area contributed by atoms with Crippen molar-refractivity contribution in [1.29, 1.82) is 0 Å². The van der Waals surface area contributed by atoms with Gasteiger partial charge in [-0.2, -0.15) is 0 Å². The summed E-state index contributed by atoms with van der Waals surface area (Å²) < 4.78 is 26.2. The Hall–Kier alpha value is -4.03. The Kier molecular flexibility index (Phi) is 12.7. The molecule has 1 aliphatic heterocycles. The van der Waals surface area contributed by atoms with Crippen molar-refractivity contribution < 1.29 is 18.9 Å². The number of hydrogen-bond donors (Lipinski definition) is 0. The first-order valence-electron chi connectivity index (χ1n) is 18.0. The molecule has 5 aromatic carbocycles. The van der Waals surface area contributed by atoms with Crippen LogP contribution in [-0.2, 0) is 35.7 Å². The number of ether oxygens (including phenoxy) is 4. The molecule has 50 heavy (non-hydrogen) atoms. The number of thioether (sulfide) groups is 1. The fourth-order valence-corrected chi connectivity index (χ4v) is 8.66. The largest absolute Gasteiger partial charge is 0.494 e. The standard InChI is InChI=1S/C45H50O4S/c1-5-42-33(4)43(48-30-36-18-12-8-13-19-36)44(49-31-37-20-14-9-15-21-37)45(50-42)40-28-38(27-34-22-24-39(25-23-34)46-6-2)41(26-32(40)3)47-29-35-16-10-7-11-17-35/h7-26,28,33,42-45H,5-6,27,29-31H2,1-4H3/t33-,42-,43+,44-,45+/m1/s1. The van der Waals surface area contributed by atoms with E-state index < -0.39 is 0 Å². The molecule has 0 aromatic heterocycles. The Balaban J connectivity index is 1.37. The molecule has 0 saturated carbocycles. The smallest absolute Gasteiger partial charge is 0.123 e. The van der Waals surface area contributed by atoms with Crippen LogP contribution in [-0.4, -0.2) is 24.1 Å². The quantitative estimate of drug-likeness (QED) is 0.110. The van der Waals surface area contributed by atoms with Crippen molar-refractivity contribution in [2.24, 2.45) is 5.92 Å². The van der Waals surface area contributed by atoms with Crippen LogP contribution in [0.2, 0.25) is 0 Å². The first kappa shape index (κ1) is 35.8. The summed E-state index contributed by atoms with van der Waals surface area (Å²) >= 11 is 2.05. The van der Waals surface area contributed by atoms with Crippen LogP contribution in [0.1, 0.15) is 71.4 Å². The van der Waals surface area contributed by atoms with Gasteiger partial charge in [0, 0.05) is 11.7 Å². The molecule has 1 fully saturated rings. The van der Waals surface area contributed by atoms with Crippen molar-refractivity contribution in [1.82, 2.24) is 0 Å². The highest BCUT2D eigenvalue weighted by atomic mass is 32.2. The van der Waals surface area contributed by atoms with Gasteiger partial charge in [-0.25, -0.2) is 0 Å². The molecule has 1 saturated heterocycles. The van der Waals surface area contributed by atoms with Gasteiger partial charge in [0.1, 0.15) is 24.2 Å². The summed E-state index contributed by atoms with van der Waals surface area (Å²) in [4.78, 5) is 0. The highest BCUT2D eigenvalue weighted by Gasteiger charge is 2.45. The van der Waals surface area contributed by atoms with Gasteiger partial charge in [-0.15, -0.1) is 11.8 Å². The van der Waals surface area contributed by atoms with Gasteiger partial charge < -0.3 is 18.9 Å². The lowest BCUT2D eigenvalue weighted by atomic mass is 9.87. The molecule has 1 heterocycles. The van der Waals surface area contributed by atoms with Crippen LogP contribution >= 0.6 is 11.8 Å². The average Bonchev–Trinajstić information content (AvgIpc) is 3.15. The summed E-state index contributed by atoms with van der Waals surface area (Å²) in [6.45, 7) is 11.1. The molecule has 0 bridgehead atoms. The van der Waals surface area contributed by atoms with Gasteiger partial charge in [-0.3, -0.25) is 0 Å². The summed E-state index contributed by atoms with van der Waals surface area (Å²) in [7, 11) is 0. The monoisotopic (exact) mass is 686 g/mol. The molecule has 6 rings (SSSR count). The molecular formula is C45H50O4S. The molecule has 4 nitrogen and oxygen atoms in total. The minimum absolute atomic E-state index is 0.0712. The molecule has 260 valence electrons. The fourth-order valence-electron chi connectivity index (χ4n) is 6.90. The molecule has 1 aliphatic rings. The first-order valence-corrected chi connectivity index (χ1v) is 18.9. The lowest BCUT2D eigenvalue weighted by Gasteiger charge is -2.46. The zero-order valence-corrected chi connectivity index (χ0v) is 30.6. The second-order valence-electron chi connectivity index (χ2n) is 13.2. The molecule has 0 spiro atoms. The second kappa shape index (κ2) is 17.8.